The fraction of sp³-hybridized carbons (Fsp3) is 0.158. The van der Waals surface area contributed by atoms with E-state index in [-0.39, 0.29) is 23.9 Å². The minimum atomic E-state index is -3.84. The van der Waals surface area contributed by atoms with Crippen molar-refractivity contribution in [1.29, 1.82) is 0 Å². The van der Waals surface area contributed by atoms with Gasteiger partial charge in [-0.15, -0.1) is 0 Å². The van der Waals surface area contributed by atoms with Crippen molar-refractivity contribution in [2.45, 2.75) is 11.4 Å². The first kappa shape index (κ1) is 18.2. The maximum Gasteiger partial charge on any atom is 0.243 e. The molecule has 2 heterocycles. The molecule has 0 fully saturated rings. The number of rotatable bonds is 0. The fourth-order valence-corrected chi connectivity index (χ4v) is 4.36. The standard InChI is InChI=1S/C19H18N4O4S/c1-23-11-17(24)21-9-12-4-2-7-16-18(12)15(19(25)22-16)10-20-13-5-3-6-14(8-13)28(23,26)27/h2-8,10,22,25H,9,11H2,1H3,(H,21,24). The molecule has 1 aromatic heterocycles. The van der Waals surface area contributed by atoms with Crippen LogP contribution < -0.4 is 5.32 Å². The number of aromatic hydroxyl groups is 1. The number of hydrogen-bond donors (Lipinski definition) is 3. The number of aromatic nitrogens is 1. The molecule has 0 radical (unpaired) electrons. The lowest BCUT2D eigenvalue weighted by Crippen LogP contribution is -2.38. The SMILES string of the molecule is CN1CC(=O)NCc2cccc3[nH]c(O)c(c23)C=Nc2cccc(c2)S1(=O)=O. The van der Waals surface area contributed by atoms with Crippen molar-refractivity contribution in [2.24, 2.45) is 4.99 Å². The zero-order valence-electron chi connectivity index (χ0n) is 15.0. The van der Waals surface area contributed by atoms with Crippen molar-refractivity contribution in [2.75, 3.05) is 13.6 Å². The van der Waals surface area contributed by atoms with Crippen LogP contribution in [0.4, 0.5) is 5.69 Å². The molecule has 144 valence electrons. The lowest BCUT2D eigenvalue weighted by molar-refractivity contribution is -0.121. The van der Waals surface area contributed by atoms with E-state index < -0.39 is 15.9 Å². The molecule has 2 aromatic carbocycles. The van der Waals surface area contributed by atoms with Crippen LogP contribution in [0.3, 0.4) is 0 Å². The second-order valence-corrected chi connectivity index (χ2v) is 8.57. The molecule has 1 aliphatic rings. The van der Waals surface area contributed by atoms with Gasteiger partial charge in [0, 0.05) is 30.7 Å². The summed E-state index contributed by atoms with van der Waals surface area (Å²) < 4.78 is 26.5. The number of fused-ring (bicyclic) bond motifs is 2. The monoisotopic (exact) mass is 398 g/mol. The minimum Gasteiger partial charge on any atom is -0.494 e. The first-order valence-corrected chi connectivity index (χ1v) is 10.00. The highest BCUT2D eigenvalue weighted by molar-refractivity contribution is 7.89. The number of carbonyl (C=O) groups is 1. The van der Waals surface area contributed by atoms with Gasteiger partial charge in [0.1, 0.15) is 0 Å². The Balaban J connectivity index is 1.92. The average Bonchev–Trinajstić information content (AvgIpc) is 2.99. The van der Waals surface area contributed by atoms with E-state index in [4.69, 9.17) is 0 Å². The van der Waals surface area contributed by atoms with Crippen molar-refractivity contribution in [1.82, 2.24) is 14.6 Å². The predicted octanol–water partition coefficient (Wildman–Crippen LogP) is 1.87. The molecular formula is C19H18N4O4S. The summed E-state index contributed by atoms with van der Waals surface area (Å²) in [6.07, 6.45) is 1.49. The van der Waals surface area contributed by atoms with Gasteiger partial charge in [0.05, 0.1) is 22.7 Å². The first-order valence-electron chi connectivity index (χ1n) is 8.56. The second-order valence-electron chi connectivity index (χ2n) is 6.52. The van der Waals surface area contributed by atoms with Gasteiger partial charge in [-0.2, -0.15) is 4.31 Å². The summed E-state index contributed by atoms with van der Waals surface area (Å²) in [5, 5.41) is 13.8. The Morgan fingerprint density at radius 2 is 1.96 bits per heavy atom. The molecule has 0 unspecified atom stereocenters. The van der Waals surface area contributed by atoms with E-state index in [0.29, 0.717) is 16.8 Å². The lowest BCUT2D eigenvalue weighted by Gasteiger charge is -2.17. The number of H-pyrrole nitrogens is 1. The van der Waals surface area contributed by atoms with Gasteiger partial charge in [-0.3, -0.25) is 9.79 Å². The van der Waals surface area contributed by atoms with Gasteiger partial charge in [-0.05, 0) is 29.8 Å². The number of aliphatic imine (C=N–C) groups is 1. The van der Waals surface area contributed by atoms with E-state index in [2.05, 4.69) is 15.3 Å². The molecule has 9 heteroatoms. The van der Waals surface area contributed by atoms with Gasteiger partial charge >= 0.3 is 0 Å². The molecule has 0 atom stereocenters. The Morgan fingerprint density at radius 1 is 1.18 bits per heavy atom. The molecule has 0 aliphatic carbocycles. The molecule has 28 heavy (non-hydrogen) atoms. The van der Waals surface area contributed by atoms with E-state index >= 15 is 0 Å². The number of nitrogens with zero attached hydrogens (tertiary/aromatic N) is 2. The van der Waals surface area contributed by atoms with Crippen LogP contribution in [-0.4, -0.2) is 48.5 Å². The summed E-state index contributed by atoms with van der Waals surface area (Å²) in [6, 6.07) is 11.6. The third-order valence-corrected chi connectivity index (χ3v) is 6.44. The molecule has 3 aromatic rings. The summed E-state index contributed by atoms with van der Waals surface area (Å²) in [5.74, 6) is -0.473. The highest BCUT2D eigenvalue weighted by Crippen LogP contribution is 2.30. The Morgan fingerprint density at radius 3 is 2.79 bits per heavy atom. The van der Waals surface area contributed by atoms with Gasteiger partial charge in [0.25, 0.3) is 0 Å². The van der Waals surface area contributed by atoms with Crippen LogP contribution in [0, 0.1) is 0 Å². The second kappa shape index (κ2) is 6.77. The average molecular weight is 398 g/mol. The fourth-order valence-electron chi connectivity index (χ4n) is 3.19. The molecule has 4 rings (SSSR count). The maximum absolute atomic E-state index is 12.7. The molecule has 2 bridgehead atoms. The predicted molar refractivity (Wildman–Crippen MR) is 105 cm³/mol. The number of aromatic amines is 1. The zero-order chi connectivity index (χ0) is 19.9. The van der Waals surface area contributed by atoms with Gasteiger partial charge in [0.2, 0.25) is 15.9 Å². The zero-order valence-corrected chi connectivity index (χ0v) is 15.8. The van der Waals surface area contributed by atoms with Gasteiger partial charge in [-0.1, -0.05) is 18.2 Å². The first-order chi connectivity index (χ1) is 13.4. The van der Waals surface area contributed by atoms with Crippen LogP contribution in [-0.2, 0) is 21.4 Å². The number of likely N-dealkylation sites (N-methyl/N-ethyl adjacent to an activating group) is 1. The van der Waals surface area contributed by atoms with Crippen LogP contribution in [0.1, 0.15) is 11.1 Å². The normalized spacial score (nSPS) is 17.2. The summed E-state index contributed by atoms with van der Waals surface area (Å²) in [4.78, 5) is 19.6. The third-order valence-electron chi connectivity index (χ3n) is 4.64. The van der Waals surface area contributed by atoms with Crippen molar-refractivity contribution < 1.29 is 18.3 Å². The van der Waals surface area contributed by atoms with Crippen LogP contribution >= 0.6 is 0 Å². The number of benzene rings is 2. The molecule has 1 amide bonds. The number of nitrogens with one attached hydrogen (secondary N) is 2. The Labute approximate surface area is 161 Å². The topological polar surface area (TPSA) is 115 Å². The van der Waals surface area contributed by atoms with E-state index in [1.165, 1.54) is 25.4 Å². The van der Waals surface area contributed by atoms with Crippen LogP contribution in [0.5, 0.6) is 5.88 Å². The number of hydrogen-bond acceptors (Lipinski definition) is 5. The van der Waals surface area contributed by atoms with Crippen LogP contribution in [0.15, 0.2) is 52.4 Å². The van der Waals surface area contributed by atoms with Crippen molar-refractivity contribution in [3.8, 4) is 5.88 Å². The molecule has 3 N–H and O–H groups in total. The minimum absolute atomic E-state index is 0.0401. The van der Waals surface area contributed by atoms with E-state index in [1.807, 2.05) is 18.2 Å². The van der Waals surface area contributed by atoms with Crippen molar-refractivity contribution >= 4 is 38.7 Å². The third kappa shape index (κ3) is 3.14. The Hall–Kier alpha value is -3.17. The number of carbonyl (C=O) groups excluding carboxylic acids is 1. The maximum atomic E-state index is 12.7. The quantitative estimate of drug-likeness (QED) is 0.536. The Bertz CT molecular complexity index is 1210. The van der Waals surface area contributed by atoms with E-state index in [1.54, 1.807) is 12.1 Å². The van der Waals surface area contributed by atoms with Gasteiger partial charge < -0.3 is 15.4 Å². The molecule has 0 spiro atoms. The van der Waals surface area contributed by atoms with Crippen LogP contribution in [0.25, 0.3) is 10.9 Å². The van der Waals surface area contributed by atoms with Crippen LogP contribution in [0.2, 0.25) is 0 Å². The molecule has 8 nitrogen and oxygen atoms in total. The lowest BCUT2D eigenvalue weighted by atomic mass is 10.1. The summed E-state index contributed by atoms with van der Waals surface area (Å²) in [5.41, 5.74) is 2.39. The van der Waals surface area contributed by atoms with Gasteiger partial charge in [-0.25, -0.2) is 8.42 Å². The van der Waals surface area contributed by atoms with E-state index in [0.717, 1.165) is 15.3 Å². The van der Waals surface area contributed by atoms with E-state index in [9.17, 15) is 18.3 Å². The highest BCUT2D eigenvalue weighted by atomic mass is 32.2. The number of amides is 1. The highest BCUT2D eigenvalue weighted by Gasteiger charge is 2.23. The molecule has 0 saturated heterocycles. The van der Waals surface area contributed by atoms with Crippen molar-refractivity contribution in [3.05, 3.63) is 53.6 Å². The molecular weight excluding hydrogens is 380 g/mol. The van der Waals surface area contributed by atoms with Gasteiger partial charge in [0.15, 0.2) is 5.88 Å². The summed E-state index contributed by atoms with van der Waals surface area (Å²) >= 11 is 0. The molecule has 1 aliphatic heterocycles. The Kier molecular flexibility index (Phi) is 4.40. The summed E-state index contributed by atoms with van der Waals surface area (Å²) in [6.45, 7) is -0.120. The smallest absolute Gasteiger partial charge is 0.243 e. The largest absolute Gasteiger partial charge is 0.494 e. The van der Waals surface area contributed by atoms with Crippen molar-refractivity contribution in [3.63, 3.8) is 0 Å². The number of sulfonamides is 1. The summed E-state index contributed by atoms with van der Waals surface area (Å²) in [7, 11) is -2.48. The molecule has 0 saturated carbocycles.